The molecule has 0 aliphatic heterocycles. The highest BCUT2D eigenvalue weighted by Gasteiger charge is 2.35. The molecular formula is C14H24N2O3. The maximum Gasteiger partial charge on any atom is 0.323 e. The van der Waals surface area contributed by atoms with E-state index in [0.29, 0.717) is 19.0 Å². The van der Waals surface area contributed by atoms with Crippen molar-refractivity contribution in [3.05, 3.63) is 0 Å². The quantitative estimate of drug-likeness (QED) is 0.755. The van der Waals surface area contributed by atoms with Gasteiger partial charge in [-0.3, -0.25) is 9.59 Å². The van der Waals surface area contributed by atoms with Crippen molar-refractivity contribution in [2.45, 2.75) is 38.5 Å². The Labute approximate surface area is 114 Å². The second-order valence-electron chi connectivity index (χ2n) is 5.94. The Morgan fingerprint density at radius 1 is 1.16 bits per heavy atom. The highest BCUT2D eigenvalue weighted by Crippen LogP contribution is 2.33. The molecule has 19 heavy (non-hydrogen) atoms. The Hall–Kier alpha value is -1.10. The summed E-state index contributed by atoms with van der Waals surface area (Å²) in [5.74, 6) is -0.213. The second kappa shape index (κ2) is 6.37. The molecule has 0 aromatic heterocycles. The van der Waals surface area contributed by atoms with Gasteiger partial charge < -0.3 is 15.7 Å². The summed E-state index contributed by atoms with van der Waals surface area (Å²) in [6.07, 6.45) is 6.28. The van der Waals surface area contributed by atoms with Crippen molar-refractivity contribution in [1.82, 2.24) is 4.90 Å². The minimum absolute atomic E-state index is 0.0180. The van der Waals surface area contributed by atoms with E-state index in [9.17, 15) is 9.59 Å². The van der Waals surface area contributed by atoms with Crippen molar-refractivity contribution < 1.29 is 14.7 Å². The second-order valence-corrected chi connectivity index (χ2v) is 5.94. The van der Waals surface area contributed by atoms with Crippen molar-refractivity contribution in [2.24, 2.45) is 23.5 Å². The minimum Gasteiger partial charge on any atom is -0.480 e. The lowest BCUT2D eigenvalue weighted by molar-refractivity contribution is -0.148. The summed E-state index contributed by atoms with van der Waals surface area (Å²) in [5, 5.41) is 8.97. The van der Waals surface area contributed by atoms with Crippen LogP contribution in [0.15, 0.2) is 0 Å². The zero-order valence-corrected chi connectivity index (χ0v) is 11.4. The summed E-state index contributed by atoms with van der Waals surface area (Å²) in [6.45, 7) is 0.975. The Morgan fingerprint density at radius 2 is 1.84 bits per heavy atom. The van der Waals surface area contributed by atoms with Crippen molar-refractivity contribution in [3.8, 4) is 0 Å². The molecule has 0 spiro atoms. The number of aliphatic carboxylic acids is 1. The van der Waals surface area contributed by atoms with Crippen LogP contribution in [0.3, 0.4) is 0 Å². The first-order chi connectivity index (χ1) is 9.11. The van der Waals surface area contributed by atoms with Gasteiger partial charge in [0.1, 0.15) is 6.54 Å². The van der Waals surface area contributed by atoms with Gasteiger partial charge in [-0.1, -0.05) is 12.8 Å². The van der Waals surface area contributed by atoms with Gasteiger partial charge in [-0.25, -0.2) is 0 Å². The molecule has 1 amide bonds. The van der Waals surface area contributed by atoms with Gasteiger partial charge in [0.2, 0.25) is 5.91 Å². The molecule has 5 heteroatoms. The molecule has 2 atom stereocenters. The van der Waals surface area contributed by atoms with E-state index in [1.54, 1.807) is 4.90 Å². The van der Waals surface area contributed by atoms with E-state index >= 15 is 0 Å². The summed E-state index contributed by atoms with van der Waals surface area (Å²) in [6, 6.07) is 0. The van der Waals surface area contributed by atoms with E-state index in [4.69, 9.17) is 10.8 Å². The molecule has 2 unspecified atom stereocenters. The predicted octanol–water partition coefficient (Wildman–Crippen LogP) is 1.07. The average Bonchev–Trinajstić information content (AvgIpc) is 3.20. The van der Waals surface area contributed by atoms with E-state index in [1.165, 1.54) is 0 Å². The first-order valence-corrected chi connectivity index (χ1v) is 7.32. The van der Waals surface area contributed by atoms with Gasteiger partial charge in [0.15, 0.2) is 0 Å². The van der Waals surface area contributed by atoms with Crippen molar-refractivity contribution in [2.75, 3.05) is 19.6 Å². The lowest BCUT2D eigenvalue weighted by Crippen LogP contribution is -2.45. The number of hydrogen-bond acceptors (Lipinski definition) is 3. The Bertz CT molecular complexity index is 342. The number of amides is 1. The third-order valence-corrected chi connectivity index (χ3v) is 4.34. The number of carboxylic acids is 1. The van der Waals surface area contributed by atoms with E-state index in [-0.39, 0.29) is 24.3 Å². The molecule has 0 saturated heterocycles. The van der Waals surface area contributed by atoms with E-state index in [1.807, 2.05) is 0 Å². The Balaban J connectivity index is 2.00. The number of carbonyl (C=O) groups is 2. The zero-order valence-electron chi connectivity index (χ0n) is 11.4. The fourth-order valence-electron chi connectivity index (χ4n) is 3.06. The SMILES string of the molecule is NCC1CCCCC1C(=O)N(CC(=O)O)CC1CC1. The third-order valence-electron chi connectivity index (χ3n) is 4.34. The molecule has 2 saturated carbocycles. The molecule has 0 heterocycles. The lowest BCUT2D eigenvalue weighted by Gasteiger charge is -2.33. The summed E-state index contributed by atoms with van der Waals surface area (Å²) in [7, 11) is 0. The van der Waals surface area contributed by atoms with Gasteiger partial charge in [-0.15, -0.1) is 0 Å². The van der Waals surface area contributed by atoms with Crippen LogP contribution in [-0.4, -0.2) is 41.5 Å². The molecular weight excluding hydrogens is 244 g/mol. The molecule has 0 radical (unpaired) electrons. The van der Waals surface area contributed by atoms with Crippen LogP contribution < -0.4 is 5.73 Å². The molecule has 0 aromatic rings. The monoisotopic (exact) mass is 268 g/mol. The van der Waals surface area contributed by atoms with E-state index < -0.39 is 5.97 Å². The number of carbonyl (C=O) groups excluding carboxylic acids is 1. The number of hydrogen-bond donors (Lipinski definition) is 2. The topological polar surface area (TPSA) is 83.6 Å². The van der Waals surface area contributed by atoms with Crippen molar-refractivity contribution in [1.29, 1.82) is 0 Å². The molecule has 2 rings (SSSR count). The fraction of sp³-hybridized carbons (Fsp3) is 0.857. The van der Waals surface area contributed by atoms with Gasteiger partial charge in [0.25, 0.3) is 0 Å². The number of carboxylic acid groups (broad SMARTS) is 1. The van der Waals surface area contributed by atoms with Crippen LogP contribution in [0.5, 0.6) is 0 Å². The number of nitrogens with zero attached hydrogens (tertiary/aromatic N) is 1. The van der Waals surface area contributed by atoms with Gasteiger partial charge in [-0.05, 0) is 44.1 Å². The number of rotatable bonds is 6. The molecule has 0 aromatic carbocycles. The molecule has 108 valence electrons. The predicted molar refractivity (Wildman–Crippen MR) is 71.4 cm³/mol. The van der Waals surface area contributed by atoms with Crippen LogP contribution in [0.25, 0.3) is 0 Å². The van der Waals surface area contributed by atoms with E-state index in [2.05, 4.69) is 0 Å². The normalized spacial score (nSPS) is 27.0. The Morgan fingerprint density at radius 3 is 2.42 bits per heavy atom. The highest BCUT2D eigenvalue weighted by molar-refractivity contribution is 5.83. The third kappa shape index (κ3) is 3.93. The summed E-state index contributed by atoms with van der Waals surface area (Å²) >= 11 is 0. The first kappa shape index (κ1) is 14.3. The summed E-state index contributed by atoms with van der Waals surface area (Å²) in [5.41, 5.74) is 5.76. The average molecular weight is 268 g/mol. The molecule has 5 nitrogen and oxygen atoms in total. The Kier molecular flexibility index (Phi) is 4.80. The van der Waals surface area contributed by atoms with Gasteiger partial charge in [0.05, 0.1) is 0 Å². The highest BCUT2D eigenvalue weighted by atomic mass is 16.4. The van der Waals surface area contributed by atoms with Crippen LogP contribution in [0.1, 0.15) is 38.5 Å². The minimum atomic E-state index is -0.922. The van der Waals surface area contributed by atoms with Gasteiger partial charge in [-0.2, -0.15) is 0 Å². The van der Waals surface area contributed by atoms with Crippen molar-refractivity contribution in [3.63, 3.8) is 0 Å². The molecule has 3 N–H and O–H groups in total. The molecule has 2 fully saturated rings. The number of nitrogens with two attached hydrogens (primary N) is 1. The lowest BCUT2D eigenvalue weighted by atomic mass is 9.78. The van der Waals surface area contributed by atoms with Crippen LogP contribution >= 0.6 is 0 Å². The van der Waals surface area contributed by atoms with E-state index in [0.717, 1.165) is 38.5 Å². The maximum absolute atomic E-state index is 12.6. The smallest absolute Gasteiger partial charge is 0.323 e. The van der Waals surface area contributed by atoms with Crippen LogP contribution in [0, 0.1) is 17.8 Å². The first-order valence-electron chi connectivity index (χ1n) is 7.32. The molecule has 2 aliphatic rings. The standard InChI is InChI=1S/C14H24N2O3/c15-7-11-3-1-2-4-12(11)14(19)16(9-13(17)18)8-10-5-6-10/h10-12H,1-9,15H2,(H,17,18). The van der Waals surface area contributed by atoms with Crippen LogP contribution in [-0.2, 0) is 9.59 Å². The van der Waals surface area contributed by atoms with Crippen LogP contribution in [0.4, 0.5) is 0 Å². The molecule has 0 bridgehead atoms. The molecule has 2 aliphatic carbocycles. The zero-order chi connectivity index (χ0) is 13.8. The maximum atomic E-state index is 12.6. The summed E-state index contributed by atoms with van der Waals surface area (Å²) < 4.78 is 0. The van der Waals surface area contributed by atoms with Crippen molar-refractivity contribution >= 4 is 11.9 Å². The summed E-state index contributed by atoms with van der Waals surface area (Å²) in [4.78, 5) is 25.1. The van der Waals surface area contributed by atoms with Gasteiger partial charge in [0, 0.05) is 12.5 Å². The van der Waals surface area contributed by atoms with Crippen LogP contribution in [0.2, 0.25) is 0 Å². The fourth-order valence-corrected chi connectivity index (χ4v) is 3.06. The largest absolute Gasteiger partial charge is 0.480 e. The van der Waals surface area contributed by atoms with Gasteiger partial charge >= 0.3 is 5.97 Å².